The van der Waals surface area contributed by atoms with Gasteiger partial charge in [0.25, 0.3) is 0 Å². The summed E-state index contributed by atoms with van der Waals surface area (Å²) in [5, 5.41) is -0.524. The van der Waals surface area contributed by atoms with E-state index < -0.39 is 15.1 Å². The molecule has 0 amide bonds. The molecule has 2 nitrogen and oxygen atoms in total. The Balaban J connectivity index is 2.46. The molecule has 0 atom stereocenters. The molecular weight excluding hydrogens is 328 g/mol. The van der Waals surface area contributed by atoms with Gasteiger partial charge in [-0.1, -0.05) is 71.4 Å². The van der Waals surface area contributed by atoms with Crippen molar-refractivity contribution in [3.05, 3.63) is 71.4 Å². The number of rotatable bonds is 9. The van der Waals surface area contributed by atoms with Gasteiger partial charge in [0.2, 0.25) is 0 Å². The molecule has 0 aromatic carbocycles. The molecule has 0 fully saturated rings. The Morgan fingerprint density at radius 3 is 1.88 bits per heavy atom. The lowest BCUT2D eigenvalue weighted by Gasteiger charge is -2.08. The lowest BCUT2D eigenvalue weighted by molar-refractivity contribution is 0.597. The van der Waals surface area contributed by atoms with Crippen molar-refractivity contribution >= 4 is 9.84 Å². The predicted octanol–water partition coefficient (Wildman–Crippen LogP) is 5.87. The van der Waals surface area contributed by atoms with Crippen LogP contribution in [0, 0.1) is 0 Å². The summed E-state index contributed by atoms with van der Waals surface area (Å²) in [6.07, 6.45) is 21.2. The van der Waals surface area contributed by atoms with Gasteiger partial charge in [-0.25, -0.2) is 8.42 Å². The van der Waals surface area contributed by atoms with Gasteiger partial charge in [-0.15, -0.1) is 0 Å². The molecule has 0 heterocycles. The minimum Gasteiger partial charge on any atom is -0.228 e. The summed E-state index contributed by atoms with van der Waals surface area (Å²) in [5.41, 5.74) is 3.90. The summed E-state index contributed by atoms with van der Waals surface area (Å²) in [7, 11) is -3.18. The van der Waals surface area contributed by atoms with Gasteiger partial charge in [0.15, 0.2) is 9.84 Å². The summed E-state index contributed by atoms with van der Waals surface area (Å²) in [4.78, 5) is 0. The third-order valence-electron chi connectivity index (χ3n) is 4.14. The van der Waals surface area contributed by atoms with Crippen LogP contribution in [0.25, 0.3) is 0 Å². The standard InChI is InChI=1S/C22H32O2S/c1-19(2)11-9-12-20(3)13-10-14-21(4)17-18-25(23,24)22-15-7-5-6-8-16-22/h5-8,11,13,15-17,22H,9-10,12,14,18H2,1-4H3/b20-13+,21-17+. The van der Waals surface area contributed by atoms with Crippen LogP contribution in [0.4, 0.5) is 0 Å². The minimum atomic E-state index is -3.18. The lowest BCUT2D eigenvalue weighted by Crippen LogP contribution is -2.19. The van der Waals surface area contributed by atoms with Crippen LogP contribution in [-0.4, -0.2) is 19.4 Å². The smallest absolute Gasteiger partial charge is 0.163 e. The number of sulfone groups is 1. The molecule has 0 unspecified atom stereocenters. The highest BCUT2D eigenvalue weighted by molar-refractivity contribution is 7.92. The fourth-order valence-electron chi connectivity index (χ4n) is 2.49. The molecule has 1 aliphatic carbocycles. The Labute approximate surface area is 154 Å². The molecular formula is C22H32O2S. The van der Waals surface area contributed by atoms with Crippen molar-refractivity contribution in [3.63, 3.8) is 0 Å². The van der Waals surface area contributed by atoms with Crippen LogP contribution in [-0.2, 0) is 9.84 Å². The summed E-state index contributed by atoms with van der Waals surface area (Å²) >= 11 is 0. The maximum Gasteiger partial charge on any atom is 0.163 e. The van der Waals surface area contributed by atoms with Crippen LogP contribution in [0.3, 0.4) is 0 Å². The second kappa shape index (κ2) is 11.1. The SMILES string of the molecule is CC(C)=CCC/C(C)=C/CC/C(C)=C/CS(=O)(=O)C1C=CC=CC=C1. The fraction of sp³-hybridized carbons (Fsp3) is 0.455. The largest absolute Gasteiger partial charge is 0.228 e. The molecule has 0 aromatic heterocycles. The molecule has 0 saturated heterocycles. The second-order valence-corrected chi connectivity index (χ2v) is 9.11. The Bertz CT molecular complexity index is 678. The normalized spacial score (nSPS) is 16.2. The first-order valence-electron chi connectivity index (χ1n) is 8.99. The van der Waals surface area contributed by atoms with Crippen molar-refractivity contribution in [1.82, 2.24) is 0 Å². The van der Waals surface area contributed by atoms with Gasteiger partial charge in [-0.2, -0.15) is 0 Å². The molecule has 0 spiro atoms. The predicted molar refractivity (Wildman–Crippen MR) is 110 cm³/mol. The van der Waals surface area contributed by atoms with E-state index in [2.05, 4.69) is 32.9 Å². The quantitative estimate of drug-likeness (QED) is 0.482. The van der Waals surface area contributed by atoms with E-state index in [0.29, 0.717) is 0 Å². The number of hydrogen-bond donors (Lipinski definition) is 0. The molecule has 138 valence electrons. The van der Waals surface area contributed by atoms with E-state index in [1.54, 1.807) is 24.3 Å². The van der Waals surface area contributed by atoms with E-state index in [9.17, 15) is 8.42 Å². The van der Waals surface area contributed by atoms with Crippen molar-refractivity contribution in [2.24, 2.45) is 0 Å². The maximum atomic E-state index is 12.4. The highest BCUT2D eigenvalue weighted by atomic mass is 32.2. The van der Waals surface area contributed by atoms with Crippen LogP contribution in [0.2, 0.25) is 0 Å². The lowest BCUT2D eigenvalue weighted by atomic mass is 10.1. The number of hydrogen-bond acceptors (Lipinski definition) is 2. The summed E-state index contributed by atoms with van der Waals surface area (Å²) in [6, 6.07) is 0. The molecule has 0 aromatic rings. The zero-order valence-electron chi connectivity index (χ0n) is 16.0. The van der Waals surface area contributed by atoms with Gasteiger partial charge in [0.05, 0.1) is 11.0 Å². The molecule has 0 radical (unpaired) electrons. The highest BCUT2D eigenvalue weighted by Crippen LogP contribution is 2.14. The van der Waals surface area contributed by atoms with E-state index in [1.165, 1.54) is 11.1 Å². The first-order valence-corrected chi connectivity index (χ1v) is 10.7. The van der Waals surface area contributed by atoms with Gasteiger partial charge in [0, 0.05) is 0 Å². The first kappa shape index (κ1) is 21.4. The zero-order chi connectivity index (χ0) is 18.7. The van der Waals surface area contributed by atoms with Crippen molar-refractivity contribution in [3.8, 4) is 0 Å². The number of allylic oxidation sites excluding steroid dienone is 9. The third-order valence-corrected chi connectivity index (χ3v) is 5.91. The van der Waals surface area contributed by atoms with Gasteiger partial charge in [-0.3, -0.25) is 0 Å². The Morgan fingerprint density at radius 1 is 0.800 bits per heavy atom. The molecule has 0 aliphatic heterocycles. The van der Waals surface area contributed by atoms with Gasteiger partial charge >= 0.3 is 0 Å². The van der Waals surface area contributed by atoms with Crippen LogP contribution >= 0.6 is 0 Å². The highest BCUT2D eigenvalue weighted by Gasteiger charge is 2.19. The van der Waals surface area contributed by atoms with Gasteiger partial charge in [-0.05, 0) is 53.4 Å². The van der Waals surface area contributed by atoms with Gasteiger partial charge < -0.3 is 0 Å². The van der Waals surface area contributed by atoms with Crippen molar-refractivity contribution < 1.29 is 8.42 Å². The van der Waals surface area contributed by atoms with E-state index >= 15 is 0 Å². The van der Waals surface area contributed by atoms with E-state index in [1.807, 2.05) is 25.2 Å². The zero-order valence-corrected chi connectivity index (χ0v) is 16.9. The Kier molecular flexibility index (Phi) is 9.51. The van der Waals surface area contributed by atoms with E-state index in [0.717, 1.165) is 31.3 Å². The van der Waals surface area contributed by atoms with Crippen LogP contribution < -0.4 is 0 Å². The van der Waals surface area contributed by atoms with Crippen molar-refractivity contribution in [1.29, 1.82) is 0 Å². The van der Waals surface area contributed by atoms with Crippen LogP contribution in [0.1, 0.15) is 53.4 Å². The topological polar surface area (TPSA) is 34.1 Å². The van der Waals surface area contributed by atoms with Gasteiger partial charge in [0.1, 0.15) is 0 Å². The van der Waals surface area contributed by atoms with Crippen LogP contribution in [0.15, 0.2) is 71.4 Å². The molecule has 0 saturated carbocycles. The maximum absolute atomic E-state index is 12.4. The minimum absolute atomic E-state index is 0.0987. The summed E-state index contributed by atoms with van der Waals surface area (Å²) in [5.74, 6) is 0.0987. The Hall–Kier alpha value is -1.61. The Morgan fingerprint density at radius 2 is 1.32 bits per heavy atom. The second-order valence-electron chi connectivity index (χ2n) is 6.91. The molecule has 0 N–H and O–H groups in total. The molecule has 1 aliphatic rings. The average molecular weight is 361 g/mol. The van der Waals surface area contributed by atoms with Crippen molar-refractivity contribution in [2.45, 2.75) is 58.6 Å². The summed E-state index contributed by atoms with van der Waals surface area (Å²) in [6.45, 7) is 8.43. The van der Waals surface area contributed by atoms with E-state index in [-0.39, 0.29) is 5.75 Å². The third kappa shape index (κ3) is 9.45. The molecule has 3 heteroatoms. The van der Waals surface area contributed by atoms with Crippen LogP contribution in [0.5, 0.6) is 0 Å². The molecule has 0 bridgehead atoms. The fourth-order valence-corrected chi connectivity index (χ4v) is 3.89. The summed E-state index contributed by atoms with van der Waals surface area (Å²) < 4.78 is 24.8. The van der Waals surface area contributed by atoms with Crippen molar-refractivity contribution in [2.75, 3.05) is 5.75 Å². The molecule has 25 heavy (non-hydrogen) atoms. The monoisotopic (exact) mass is 360 g/mol. The molecule has 1 rings (SSSR count). The first-order chi connectivity index (χ1) is 11.8. The van der Waals surface area contributed by atoms with E-state index in [4.69, 9.17) is 0 Å². The average Bonchev–Trinajstić information content (AvgIpc) is 2.82.